The number of hydrogen-bond donors (Lipinski definition) is 1. The molecule has 0 saturated heterocycles. The summed E-state index contributed by atoms with van der Waals surface area (Å²) in [6, 6.07) is 19.6. The van der Waals surface area contributed by atoms with Crippen molar-refractivity contribution in [2.75, 3.05) is 0 Å². The molecule has 3 heteroatoms. The number of hydrogen-bond acceptors (Lipinski definition) is 2. The van der Waals surface area contributed by atoms with Crippen LogP contribution >= 0.6 is 11.3 Å². The zero-order valence-corrected chi connectivity index (χ0v) is 27.4. The van der Waals surface area contributed by atoms with E-state index in [-0.39, 0.29) is 0 Å². The van der Waals surface area contributed by atoms with E-state index in [4.69, 9.17) is 0 Å². The minimum atomic E-state index is -0.819. The fourth-order valence-electron chi connectivity index (χ4n) is 5.89. The van der Waals surface area contributed by atoms with E-state index in [9.17, 15) is 9.90 Å². The van der Waals surface area contributed by atoms with Crippen molar-refractivity contribution in [2.24, 2.45) is 0 Å². The van der Waals surface area contributed by atoms with Gasteiger partial charge in [-0.1, -0.05) is 165 Å². The average molecular weight is 589 g/mol. The quantitative estimate of drug-likeness (QED) is 0.112. The highest BCUT2D eigenvalue weighted by molar-refractivity contribution is 7.14. The number of aromatic carboxylic acids is 1. The Morgan fingerprint density at radius 2 is 0.952 bits per heavy atom. The van der Waals surface area contributed by atoms with Gasteiger partial charge >= 0.3 is 5.97 Å². The van der Waals surface area contributed by atoms with Gasteiger partial charge in [-0.3, -0.25) is 0 Å². The molecule has 2 nitrogen and oxygen atoms in total. The van der Waals surface area contributed by atoms with Crippen molar-refractivity contribution < 1.29 is 9.90 Å². The van der Waals surface area contributed by atoms with Gasteiger partial charge in [0.2, 0.25) is 0 Å². The summed E-state index contributed by atoms with van der Waals surface area (Å²) in [5.74, 6) is -0.819. The first-order valence-electron chi connectivity index (χ1n) is 17.2. The Morgan fingerprint density at radius 3 is 1.43 bits per heavy atom. The van der Waals surface area contributed by atoms with Crippen LogP contribution in [0.4, 0.5) is 0 Å². The van der Waals surface area contributed by atoms with Crippen LogP contribution in [0.3, 0.4) is 0 Å². The lowest BCUT2D eigenvalue weighted by Crippen LogP contribution is -1.94. The summed E-state index contributed by atoms with van der Waals surface area (Å²) in [6.07, 6.45) is 26.2. The van der Waals surface area contributed by atoms with Gasteiger partial charge in [0.1, 0.15) is 4.88 Å². The number of rotatable bonds is 23. The van der Waals surface area contributed by atoms with Crippen LogP contribution < -0.4 is 0 Å². The zero-order valence-electron chi connectivity index (χ0n) is 26.6. The third kappa shape index (κ3) is 12.5. The number of carboxylic acid groups (broad SMARTS) is 1. The van der Waals surface area contributed by atoms with E-state index in [1.54, 1.807) is 0 Å². The van der Waals surface area contributed by atoms with Crippen LogP contribution in [0.1, 0.15) is 150 Å². The summed E-state index contributed by atoms with van der Waals surface area (Å²) in [5.41, 5.74) is 5.66. The summed E-state index contributed by atoms with van der Waals surface area (Å²) < 4.78 is 0. The van der Waals surface area contributed by atoms with Crippen LogP contribution in [0.15, 0.2) is 54.6 Å². The molecular formula is C39H56O2S. The molecule has 3 aromatic rings. The maximum Gasteiger partial charge on any atom is 0.346 e. The summed E-state index contributed by atoms with van der Waals surface area (Å²) in [4.78, 5) is 13.7. The van der Waals surface area contributed by atoms with E-state index in [1.807, 2.05) is 0 Å². The molecule has 0 fully saturated rings. The molecule has 1 heterocycles. The van der Waals surface area contributed by atoms with Crippen molar-refractivity contribution in [3.63, 3.8) is 0 Å². The molecule has 2 aromatic carbocycles. The molecule has 1 N–H and O–H groups in total. The average Bonchev–Trinajstić information content (AvgIpc) is 3.44. The van der Waals surface area contributed by atoms with Gasteiger partial charge in [-0.05, 0) is 54.0 Å². The number of benzene rings is 2. The minimum Gasteiger partial charge on any atom is -0.477 e. The first-order valence-corrected chi connectivity index (χ1v) is 18.0. The number of carboxylic acids is 1. The highest BCUT2D eigenvalue weighted by atomic mass is 32.1. The molecule has 0 amide bonds. The molecule has 0 aliphatic carbocycles. The second-order valence-electron chi connectivity index (χ2n) is 12.2. The van der Waals surface area contributed by atoms with Crippen LogP contribution in [-0.4, -0.2) is 11.1 Å². The molecular weight excluding hydrogens is 532 g/mol. The highest BCUT2D eigenvalue weighted by Crippen LogP contribution is 2.34. The number of unbranched alkanes of at least 4 members (excludes halogenated alkanes) is 16. The van der Waals surface area contributed by atoms with Gasteiger partial charge in [0, 0.05) is 10.4 Å². The van der Waals surface area contributed by atoms with Gasteiger partial charge in [-0.15, -0.1) is 11.3 Å². The Morgan fingerprint density at radius 1 is 0.548 bits per heavy atom. The third-order valence-electron chi connectivity index (χ3n) is 8.56. The predicted molar refractivity (Wildman–Crippen MR) is 184 cm³/mol. The topological polar surface area (TPSA) is 37.3 Å². The van der Waals surface area contributed by atoms with Crippen molar-refractivity contribution in [1.82, 2.24) is 0 Å². The van der Waals surface area contributed by atoms with E-state index >= 15 is 0 Å². The van der Waals surface area contributed by atoms with Gasteiger partial charge < -0.3 is 5.11 Å². The van der Waals surface area contributed by atoms with E-state index < -0.39 is 5.97 Å². The zero-order chi connectivity index (χ0) is 29.8. The Balaban J connectivity index is 1.45. The Bertz CT molecular complexity index is 1130. The number of aryl methyl sites for hydroxylation is 2. The normalized spacial score (nSPS) is 11.3. The van der Waals surface area contributed by atoms with Crippen molar-refractivity contribution in [3.05, 3.63) is 69.9 Å². The Hall–Kier alpha value is -2.39. The molecule has 0 unspecified atom stereocenters. The molecule has 230 valence electrons. The lowest BCUT2D eigenvalue weighted by molar-refractivity contribution is 0.0703. The first-order chi connectivity index (χ1) is 20.6. The van der Waals surface area contributed by atoms with Crippen molar-refractivity contribution in [3.8, 4) is 22.3 Å². The second kappa shape index (κ2) is 20.5. The molecule has 3 rings (SSSR count). The van der Waals surface area contributed by atoms with Gasteiger partial charge in [0.15, 0.2) is 0 Å². The monoisotopic (exact) mass is 588 g/mol. The van der Waals surface area contributed by atoms with Gasteiger partial charge in [-0.2, -0.15) is 0 Å². The smallest absolute Gasteiger partial charge is 0.346 e. The predicted octanol–water partition coefficient (Wildman–Crippen LogP) is 12.9. The van der Waals surface area contributed by atoms with E-state index in [0.717, 1.165) is 30.4 Å². The fraction of sp³-hybridized carbons (Fsp3) is 0.564. The summed E-state index contributed by atoms with van der Waals surface area (Å²) >= 11 is 1.46. The number of thiophene rings is 1. The summed E-state index contributed by atoms with van der Waals surface area (Å²) in [6.45, 7) is 4.54. The van der Waals surface area contributed by atoms with Crippen molar-refractivity contribution >= 4 is 17.3 Å². The second-order valence-corrected chi connectivity index (χ2v) is 13.3. The van der Waals surface area contributed by atoms with Crippen molar-refractivity contribution in [1.29, 1.82) is 0 Å². The molecule has 42 heavy (non-hydrogen) atoms. The molecule has 0 saturated carbocycles. The first kappa shape index (κ1) is 34.1. The lowest BCUT2D eigenvalue weighted by Gasteiger charge is -2.07. The van der Waals surface area contributed by atoms with Gasteiger partial charge in [0.25, 0.3) is 0 Å². The van der Waals surface area contributed by atoms with Crippen LogP contribution in [0.25, 0.3) is 22.3 Å². The largest absolute Gasteiger partial charge is 0.477 e. The van der Waals surface area contributed by atoms with E-state index in [1.165, 1.54) is 142 Å². The van der Waals surface area contributed by atoms with Crippen LogP contribution in [-0.2, 0) is 12.8 Å². The molecule has 0 radical (unpaired) electrons. The van der Waals surface area contributed by atoms with Crippen LogP contribution in [0.2, 0.25) is 0 Å². The summed E-state index contributed by atoms with van der Waals surface area (Å²) in [7, 11) is 0. The molecule has 1 aromatic heterocycles. The van der Waals surface area contributed by atoms with E-state index in [0.29, 0.717) is 4.88 Å². The van der Waals surface area contributed by atoms with Crippen LogP contribution in [0, 0.1) is 0 Å². The fourth-order valence-corrected chi connectivity index (χ4v) is 6.95. The maximum atomic E-state index is 12.0. The standard InChI is InChI=1S/C39H56O2S/c1-3-5-7-9-11-13-14-16-18-20-22-36-31-37(38(42-36)39(40)41)35-29-27-34(28-30-35)33-25-23-32(24-26-33)21-19-17-15-12-10-8-6-4-2/h23-31H,3-22H2,1-2H3,(H,40,41). The summed E-state index contributed by atoms with van der Waals surface area (Å²) in [5, 5.41) is 9.89. The third-order valence-corrected chi connectivity index (χ3v) is 9.74. The SMILES string of the molecule is CCCCCCCCCCCCc1cc(-c2ccc(-c3ccc(CCCCCCCCCC)cc3)cc2)c(C(=O)O)s1. The molecule has 0 aliphatic heterocycles. The van der Waals surface area contributed by atoms with Gasteiger partial charge in [-0.25, -0.2) is 4.79 Å². The number of carbonyl (C=O) groups is 1. The van der Waals surface area contributed by atoms with E-state index in [2.05, 4.69) is 68.4 Å². The van der Waals surface area contributed by atoms with Crippen molar-refractivity contribution in [2.45, 2.75) is 142 Å². The highest BCUT2D eigenvalue weighted by Gasteiger charge is 2.17. The minimum absolute atomic E-state index is 0.468. The molecule has 0 aliphatic rings. The Labute approximate surface area is 261 Å². The molecule has 0 atom stereocenters. The van der Waals surface area contributed by atoms with Gasteiger partial charge in [0.05, 0.1) is 0 Å². The maximum absolute atomic E-state index is 12.0. The molecule has 0 bridgehead atoms. The molecule has 0 spiro atoms. The Kier molecular flexibility index (Phi) is 16.6. The van der Waals surface area contributed by atoms with Crippen LogP contribution in [0.5, 0.6) is 0 Å². The lowest BCUT2D eigenvalue weighted by atomic mass is 9.98.